The van der Waals surface area contributed by atoms with Crippen LogP contribution in [0, 0.1) is 13.8 Å². The molecule has 4 aromatic rings. The van der Waals surface area contributed by atoms with Gasteiger partial charge in [0.2, 0.25) is 5.91 Å². The monoisotopic (exact) mass is 375 g/mol. The molecule has 2 N–H and O–H groups in total. The van der Waals surface area contributed by atoms with Crippen molar-refractivity contribution >= 4 is 17.4 Å². The summed E-state index contributed by atoms with van der Waals surface area (Å²) in [5, 5.41) is 30.1. The highest BCUT2D eigenvalue weighted by molar-refractivity contribution is 5.95. The smallest absolute Gasteiger partial charge is 0.226 e. The van der Waals surface area contributed by atoms with E-state index in [2.05, 4.69) is 25.7 Å². The Morgan fingerprint density at radius 1 is 1.14 bits per heavy atom. The van der Waals surface area contributed by atoms with E-state index >= 15 is 0 Å². The number of phenols is 1. The molecule has 5 rings (SSSR count). The van der Waals surface area contributed by atoms with Gasteiger partial charge in [0.05, 0.1) is 5.69 Å². The number of aromatic hydroxyl groups is 1. The first-order valence-electron chi connectivity index (χ1n) is 8.89. The van der Waals surface area contributed by atoms with Gasteiger partial charge in [-0.05, 0) is 43.7 Å². The van der Waals surface area contributed by atoms with Gasteiger partial charge in [-0.25, -0.2) is 0 Å². The molecule has 0 spiro atoms. The molecule has 0 aliphatic carbocycles. The summed E-state index contributed by atoms with van der Waals surface area (Å²) in [4.78, 5) is 12.5. The van der Waals surface area contributed by atoms with Crippen LogP contribution in [-0.2, 0) is 4.79 Å². The fourth-order valence-electron chi connectivity index (χ4n) is 3.74. The number of carbonyl (C=O) groups excluding carboxylic acids is 1. The minimum Gasteiger partial charge on any atom is -0.508 e. The second kappa shape index (κ2) is 5.88. The number of aryl methyl sites for hydroxylation is 2. The third kappa shape index (κ3) is 2.43. The number of rotatable bonds is 2. The van der Waals surface area contributed by atoms with Crippen molar-refractivity contribution in [1.29, 1.82) is 0 Å². The molecule has 0 saturated heterocycles. The van der Waals surface area contributed by atoms with Crippen LogP contribution < -0.4 is 5.32 Å². The number of fused-ring (bicyclic) bond motifs is 2. The van der Waals surface area contributed by atoms with Crippen molar-refractivity contribution in [3.63, 3.8) is 0 Å². The SMILES string of the molecule is Cc1nn(-c2ccc3nnc(C)n3n2)c2c1[C@H](c1cccc(O)c1)CC(=O)N2. The van der Waals surface area contributed by atoms with Crippen molar-refractivity contribution in [3.05, 3.63) is 59.0 Å². The van der Waals surface area contributed by atoms with Gasteiger partial charge < -0.3 is 10.4 Å². The average molecular weight is 375 g/mol. The van der Waals surface area contributed by atoms with Crippen LogP contribution in [0.3, 0.4) is 0 Å². The van der Waals surface area contributed by atoms with E-state index in [9.17, 15) is 9.90 Å². The molecule has 1 amide bonds. The highest BCUT2D eigenvalue weighted by atomic mass is 16.3. The zero-order chi connectivity index (χ0) is 19.4. The maximum absolute atomic E-state index is 12.5. The maximum atomic E-state index is 12.5. The number of phenolic OH excluding ortho intramolecular Hbond substituents is 1. The number of hydrogen-bond acceptors (Lipinski definition) is 6. The summed E-state index contributed by atoms with van der Waals surface area (Å²) in [5.41, 5.74) is 3.23. The quantitative estimate of drug-likeness (QED) is 0.555. The minimum absolute atomic E-state index is 0.108. The molecule has 28 heavy (non-hydrogen) atoms. The zero-order valence-electron chi connectivity index (χ0n) is 15.3. The van der Waals surface area contributed by atoms with Gasteiger partial charge in [-0.3, -0.25) is 4.79 Å². The lowest BCUT2D eigenvalue weighted by molar-refractivity contribution is -0.116. The second-order valence-electron chi connectivity index (χ2n) is 6.87. The van der Waals surface area contributed by atoms with E-state index in [0.717, 1.165) is 16.8 Å². The van der Waals surface area contributed by atoms with Crippen LogP contribution in [-0.4, -0.2) is 40.6 Å². The molecule has 0 saturated carbocycles. The first kappa shape index (κ1) is 16.4. The van der Waals surface area contributed by atoms with E-state index in [-0.39, 0.29) is 17.6 Å². The van der Waals surface area contributed by atoms with Crippen molar-refractivity contribution < 1.29 is 9.90 Å². The Bertz CT molecular complexity index is 1240. The van der Waals surface area contributed by atoms with Gasteiger partial charge in [-0.2, -0.15) is 14.3 Å². The molecule has 0 fully saturated rings. The summed E-state index contributed by atoms with van der Waals surface area (Å²) in [7, 11) is 0. The van der Waals surface area contributed by atoms with Gasteiger partial charge in [0.25, 0.3) is 0 Å². The predicted octanol–water partition coefficient (Wildman–Crippen LogP) is 2.11. The van der Waals surface area contributed by atoms with E-state index in [1.165, 1.54) is 0 Å². The maximum Gasteiger partial charge on any atom is 0.226 e. The highest BCUT2D eigenvalue weighted by Crippen LogP contribution is 2.40. The van der Waals surface area contributed by atoms with Gasteiger partial charge in [0.1, 0.15) is 11.6 Å². The molecular weight excluding hydrogens is 358 g/mol. The summed E-state index contributed by atoms with van der Waals surface area (Å²) in [5.74, 6) is 1.69. The van der Waals surface area contributed by atoms with Crippen LogP contribution in [0.2, 0.25) is 0 Å². The Hall–Kier alpha value is -3.75. The molecular formula is C19H17N7O2. The van der Waals surface area contributed by atoms with Gasteiger partial charge in [-0.1, -0.05) is 12.1 Å². The fraction of sp³-hybridized carbons (Fsp3) is 0.211. The standard InChI is InChI=1S/C19H17N7O2/c1-10-18-14(12-4-3-5-13(27)8-12)9-17(28)20-19(18)26(23-10)16-7-6-15-22-21-11(2)25(15)24-16/h3-8,14,27H,9H2,1-2H3,(H,20,28)/t14-/m0/s1. The number of nitrogens with one attached hydrogen (secondary N) is 1. The predicted molar refractivity (Wildman–Crippen MR) is 101 cm³/mol. The number of hydrogen-bond donors (Lipinski definition) is 2. The molecule has 9 nitrogen and oxygen atoms in total. The highest BCUT2D eigenvalue weighted by Gasteiger charge is 2.33. The normalized spacial score (nSPS) is 16.2. The first-order chi connectivity index (χ1) is 13.5. The number of nitrogens with zero attached hydrogens (tertiary/aromatic N) is 6. The lowest BCUT2D eigenvalue weighted by Crippen LogP contribution is -2.25. The van der Waals surface area contributed by atoms with Crippen molar-refractivity contribution in [3.8, 4) is 11.6 Å². The molecule has 0 unspecified atom stereocenters. The molecule has 1 atom stereocenters. The topological polar surface area (TPSA) is 110 Å². The zero-order valence-corrected chi connectivity index (χ0v) is 15.3. The van der Waals surface area contributed by atoms with E-state index < -0.39 is 0 Å². The van der Waals surface area contributed by atoms with Crippen molar-refractivity contribution in [2.45, 2.75) is 26.2 Å². The van der Waals surface area contributed by atoms with Gasteiger partial charge in [0.15, 0.2) is 17.3 Å². The molecule has 4 heterocycles. The molecule has 1 aliphatic rings. The van der Waals surface area contributed by atoms with Crippen LogP contribution >= 0.6 is 0 Å². The molecule has 1 aliphatic heterocycles. The third-order valence-corrected chi connectivity index (χ3v) is 5.00. The Morgan fingerprint density at radius 2 is 2.00 bits per heavy atom. The summed E-state index contributed by atoms with van der Waals surface area (Å²) >= 11 is 0. The number of carbonyl (C=O) groups is 1. The Balaban J connectivity index is 1.69. The van der Waals surface area contributed by atoms with Gasteiger partial charge >= 0.3 is 0 Å². The lowest BCUT2D eigenvalue weighted by atomic mass is 9.86. The second-order valence-corrected chi connectivity index (χ2v) is 6.87. The molecule has 9 heteroatoms. The van der Waals surface area contributed by atoms with E-state index in [1.807, 2.05) is 26.0 Å². The van der Waals surface area contributed by atoms with Crippen LogP contribution in [0.25, 0.3) is 11.5 Å². The van der Waals surface area contributed by atoms with Crippen molar-refractivity contribution in [1.82, 2.24) is 29.6 Å². The third-order valence-electron chi connectivity index (χ3n) is 5.00. The Labute approximate surface area is 159 Å². The average Bonchev–Trinajstić information content (AvgIpc) is 3.21. The molecule has 0 bridgehead atoms. The van der Waals surface area contributed by atoms with Crippen LogP contribution in [0.5, 0.6) is 5.75 Å². The molecule has 0 radical (unpaired) electrons. The van der Waals surface area contributed by atoms with Crippen molar-refractivity contribution in [2.75, 3.05) is 5.32 Å². The first-order valence-corrected chi connectivity index (χ1v) is 8.89. The summed E-state index contributed by atoms with van der Waals surface area (Å²) in [6.07, 6.45) is 0.292. The Morgan fingerprint density at radius 3 is 2.82 bits per heavy atom. The number of anilines is 1. The van der Waals surface area contributed by atoms with Gasteiger partial charge in [0, 0.05) is 17.9 Å². The Kier molecular flexibility index (Phi) is 3.45. The van der Waals surface area contributed by atoms with E-state index in [1.54, 1.807) is 33.5 Å². The largest absolute Gasteiger partial charge is 0.508 e. The summed E-state index contributed by atoms with van der Waals surface area (Å²) < 4.78 is 3.27. The lowest BCUT2D eigenvalue weighted by Gasteiger charge is -2.24. The summed E-state index contributed by atoms with van der Waals surface area (Å²) in [6.45, 7) is 3.73. The molecule has 140 valence electrons. The molecule has 1 aromatic carbocycles. The number of benzene rings is 1. The van der Waals surface area contributed by atoms with E-state index in [4.69, 9.17) is 0 Å². The minimum atomic E-state index is -0.190. The molecule has 3 aromatic heterocycles. The van der Waals surface area contributed by atoms with Crippen LogP contribution in [0.4, 0.5) is 5.82 Å². The number of aromatic nitrogens is 6. The van der Waals surface area contributed by atoms with Crippen LogP contribution in [0.1, 0.15) is 35.0 Å². The number of amides is 1. The van der Waals surface area contributed by atoms with Crippen molar-refractivity contribution in [2.24, 2.45) is 0 Å². The van der Waals surface area contributed by atoms with Gasteiger partial charge in [-0.15, -0.1) is 15.3 Å². The fourth-order valence-corrected chi connectivity index (χ4v) is 3.74. The van der Waals surface area contributed by atoms with E-state index in [0.29, 0.717) is 29.5 Å². The summed E-state index contributed by atoms with van der Waals surface area (Å²) in [6, 6.07) is 10.6. The van der Waals surface area contributed by atoms with Crippen LogP contribution in [0.15, 0.2) is 36.4 Å².